The minimum absolute atomic E-state index is 0.0979. The largest absolute Gasteiger partial charge is 0.378 e. The number of aromatic nitrogens is 1. The Morgan fingerprint density at radius 1 is 0.950 bits per heavy atom. The molecule has 1 atom stereocenters. The molecule has 8 nitrogen and oxygen atoms in total. The molecule has 0 spiro atoms. The van der Waals surface area contributed by atoms with Crippen LogP contribution in [0.5, 0.6) is 0 Å². The van der Waals surface area contributed by atoms with Gasteiger partial charge >= 0.3 is 0 Å². The summed E-state index contributed by atoms with van der Waals surface area (Å²) in [7, 11) is 3.90. The lowest BCUT2D eigenvalue weighted by Gasteiger charge is -2.14. The van der Waals surface area contributed by atoms with Gasteiger partial charge in [0.15, 0.2) is 5.13 Å². The number of thioether (sulfide) groups is 1. The predicted molar refractivity (Wildman–Crippen MR) is 164 cm³/mol. The molecule has 0 aliphatic carbocycles. The molecule has 40 heavy (non-hydrogen) atoms. The molecular weight excluding hydrogens is 542 g/mol. The van der Waals surface area contributed by atoms with Crippen LogP contribution in [0.1, 0.15) is 22.8 Å². The fourth-order valence-corrected chi connectivity index (χ4v) is 5.03. The van der Waals surface area contributed by atoms with Crippen molar-refractivity contribution < 1.29 is 14.4 Å². The number of benzene rings is 3. The molecule has 4 aromatic rings. The van der Waals surface area contributed by atoms with Crippen molar-refractivity contribution in [1.82, 2.24) is 10.3 Å². The van der Waals surface area contributed by atoms with E-state index in [1.54, 1.807) is 67.0 Å². The van der Waals surface area contributed by atoms with Gasteiger partial charge in [0.1, 0.15) is 5.70 Å². The minimum atomic E-state index is -0.474. The number of anilines is 3. The molecule has 0 bridgehead atoms. The molecule has 3 N–H and O–H groups in total. The number of nitrogens with zero attached hydrogens (tertiary/aromatic N) is 2. The van der Waals surface area contributed by atoms with Crippen LogP contribution in [0.2, 0.25) is 0 Å². The van der Waals surface area contributed by atoms with Gasteiger partial charge in [0.2, 0.25) is 5.91 Å². The van der Waals surface area contributed by atoms with E-state index in [1.807, 2.05) is 55.4 Å². The van der Waals surface area contributed by atoms with E-state index < -0.39 is 11.8 Å². The third-order valence-corrected chi connectivity index (χ3v) is 7.47. The van der Waals surface area contributed by atoms with Crippen LogP contribution in [-0.2, 0) is 9.59 Å². The van der Waals surface area contributed by atoms with Gasteiger partial charge < -0.3 is 20.9 Å². The van der Waals surface area contributed by atoms with Gasteiger partial charge in [-0.2, -0.15) is 0 Å². The maximum absolute atomic E-state index is 13.4. The summed E-state index contributed by atoms with van der Waals surface area (Å²) in [5.74, 6) is -1.03. The molecule has 10 heteroatoms. The molecule has 0 radical (unpaired) electrons. The predicted octanol–water partition coefficient (Wildman–Crippen LogP) is 5.74. The first-order valence-corrected chi connectivity index (χ1v) is 14.2. The van der Waals surface area contributed by atoms with E-state index in [-0.39, 0.29) is 16.9 Å². The van der Waals surface area contributed by atoms with Gasteiger partial charge in [-0.05, 0) is 61.0 Å². The molecule has 204 valence electrons. The zero-order valence-electron chi connectivity index (χ0n) is 22.3. The van der Waals surface area contributed by atoms with Crippen LogP contribution < -0.4 is 20.9 Å². The molecule has 1 heterocycles. The highest BCUT2D eigenvalue weighted by molar-refractivity contribution is 8.00. The van der Waals surface area contributed by atoms with Crippen LogP contribution in [-0.4, -0.2) is 42.1 Å². The monoisotopic (exact) mass is 571 g/mol. The second kappa shape index (κ2) is 13.6. The van der Waals surface area contributed by atoms with Crippen molar-refractivity contribution in [3.8, 4) is 0 Å². The molecule has 0 fully saturated rings. The normalized spacial score (nSPS) is 11.8. The smallest absolute Gasteiger partial charge is 0.272 e. The van der Waals surface area contributed by atoms with Crippen molar-refractivity contribution in [2.75, 3.05) is 29.6 Å². The Bertz CT molecular complexity index is 1490. The highest BCUT2D eigenvalue weighted by Gasteiger charge is 2.18. The van der Waals surface area contributed by atoms with Crippen LogP contribution in [0.4, 0.5) is 16.5 Å². The van der Waals surface area contributed by atoms with E-state index >= 15 is 0 Å². The number of amides is 3. The minimum Gasteiger partial charge on any atom is -0.378 e. The summed E-state index contributed by atoms with van der Waals surface area (Å²) < 4.78 is 0. The lowest BCUT2D eigenvalue weighted by Crippen LogP contribution is -2.30. The lowest BCUT2D eigenvalue weighted by atomic mass is 10.1. The number of hydrogen-bond donors (Lipinski definition) is 3. The van der Waals surface area contributed by atoms with E-state index in [2.05, 4.69) is 20.9 Å². The topological polar surface area (TPSA) is 103 Å². The van der Waals surface area contributed by atoms with Crippen molar-refractivity contribution in [1.29, 1.82) is 0 Å². The van der Waals surface area contributed by atoms with E-state index in [9.17, 15) is 14.4 Å². The van der Waals surface area contributed by atoms with Gasteiger partial charge in [-0.25, -0.2) is 4.98 Å². The van der Waals surface area contributed by atoms with Crippen molar-refractivity contribution in [2.45, 2.75) is 17.1 Å². The summed E-state index contributed by atoms with van der Waals surface area (Å²) in [4.78, 5) is 45.7. The van der Waals surface area contributed by atoms with Gasteiger partial charge in [-0.3, -0.25) is 14.4 Å². The number of hydrogen-bond acceptors (Lipinski definition) is 7. The van der Waals surface area contributed by atoms with Crippen molar-refractivity contribution >= 4 is 63.4 Å². The maximum Gasteiger partial charge on any atom is 0.272 e. The number of nitrogens with one attached hydrogen (secondary N) is 3. The Kier molecular flexibility index (Phi) is 9.71. The van der Waals surface area contributed by atoms with E-state index in [0.717, 1.165) is 16.1 Å². The zero-order valence-corrected chi connectivity index (χ0v) is 23.9. The average Bonchev–Trinajstić information content (AvgIpc) is 3.46. The molecular formula is C30H29N5O3S2. The molecule has 0 aliphatic heterocycles. The Labute approximate surface area is 241 Å². The molecule has 1 unspecified atom stereocenters. The number of carbonyl (C=O) groups excluding carboxylic acids is 3. The van der Waals surface area contributed by atoms with E-state index in [4.69, 9.17) is 0 Å². The Hall–Kier alpha value is -4.41. The number of carbonyl (C=O) groups is 3. The van der Waals surface area contributed by atoms with Crippen LogP contribution in [0, 0.1) is 0 Å². The maximum atomic E-state index is 13.4. The van der Waals surface area contributed by atoms with E-state index in [0.29, 0.717) is 16.4 Å². The summed E-state index contributed by atoms with van der Waals surface area (Å²) in [6.07, 6.45) is 3.27. The first-order chi connectivity index (χ1) is 19.3. The second-order valence-electron chi connectivity index (χ2n) is 8.93. The molecule has 0 saturated heterocycles. The molecule has 1 aromatic heterocycles. The van der Waals surface area contributed by atoms with Crippen molar-refractivity contribution in [3.05, 3.63) is 107 Å². The summed E-state index contributed by atoms with van der Waals surface area (Å²) in [5, 5.41) is 10.4. The van der Waals surface area contributed by atoms with Crippen LogP contribution in [0.3, 0.4) is 0 Å². The van der Waals surface area contributed by atoms with Crippen molar-refractivity contribution in [2.24, 2.45) is 0 Å². The number of thiazole rings is 1. The highest BCUT2D eigenvalue weighted by atomic mass is 32.2. The molecule has 0 aliphatic rings. The molecule has 4 rings (SSSR count). The average molecular weight is 572 g/mol. The Morgan fingerprint density at radius 3 is 2.38 bits per heavy atom. The number of rotatable bonds is 10. The van der Waals surface area contributed by atoms with Gasteiger partial charge in [0.25, 0.3) is 11.8 Å². The van der Waals surface area contributed by atoms with E-state index in [1.165, 1.54) is 23.1 Å². The van der Waals surface area contributed by atoms with Crippen molar-refractivity contribution in [3.63, 3.8) is 0 Å². The second-order valence-corrected chi connectivity index (χ2v) is 11.2. The van der Waals surface area contributed by atoms with Gasteiger partial charge in [0, 0.05) is 47.5 Å². The quantitative estimate of drug-likeness (QED) is 0.166. The summed E-state index contributed by atoms with van der Waals surface area (Å²) in [5.41, 5.74) is 2.84. The summed E-state index contributed by atoms with van der Waals surface area (Å²) >= 11 is 2.72. The van der Waals surface area contributed by atoms with Gasteiger partial charge in [-0.1, -0.05) is 36.4 Å². The molecule has 0 saturated carbocycles. The molecule has 3 amide bonds. The van der Waals surface area contributed by atoms with Gasteiger partial charge in [-0.15, -0.1) is 23.1 Å². The first kappa shape index (κ1) is 28.6. The van der Waals surface area contributed by atoms with Crippen LogP contribution >= 0.6 is 23.1 Å². The Morgan fingerprint density at radius 2 is 1.70 bits per heavy atom. The lowest BCUT2D eigenvalue weighted by molar-refractivity contribution is -0.115. The third-order valence-electron chi connectivity index (χ3n) is 5.69. The van der Waals surface area contributed by atoms with Crippen LogP contribution in [0.15, 0.2) is 101 Å². The standard InChI is InChI=1S/C30H29N5O3S2/c1-20(27(36)34-30-31-16-17-39-30)40-25-11-7-10-23(19-25)32-29(38)26(33-28(37)22-8-5-4-6-9-22)18-21-12-14-24(15-13-21)35(2)3/h4-20H,1-3H3,(H,32,38)(H,33,37)(H,31,34,36)/b26-18+. The Balaban J connectivity index is 1.50. The fraction of sp³-hybridized carbons (Fsp3) is 0.133. The third kappa shape index (κ3) is 8.05. The van der Waals surface area contributed by atoms with Crippen LogP contribution in [0.25, 0.3) is 6.08 Å². The summed E-state index contributed by atoms with van der Waals surface area (Å²) in [6.45, 7) is 1.81. The fourth-order valence-electron chi connectivity index (χ4n) is 3.57. The SMILES string of the molecule is CC(Sc1cccc(NC(=O)/C(=C\c2ccc(N(C)C)cc2)NC(=O)c2ccccc2)c1)C(=O)Nc1nccs1. The first-order valence-electron chi connectivity index (χ1n) is 12.4. The summed E-state index contributed by atoms with van der Waals surface area (Å²) in [6, 6.07) is 23.6. The zero-order chi connectivity index (χ0) is 28.5. The molecule has 3 aromatic carbocycles. The highest BCUT2D eigenvalue weighted by Crippen LogP contribution is 2.27. The van der Waals surface area contributed by atoms with Gasteiger partial charge in [0.05, 0.1) is 5.25 Å².